The highest BCUT2D eigenvalue weighted by Crippen LogP contribution is 2.33. The molecule has 7 nitrogen and oxygen atoms in total. The van der Waals surface area contributed by atoms with Gasteiger partial charge in [0.25, 0.3) is 5.91 Å². The van der Waals surface area contributed by atoms with Crippen molar-refractivity contribution >= 4 is 11.9 Å². The molecule has 4 rings (SSSR count). The quantitative estimate of drug-likeness (QED) is 0.857. The van der Waals surface area contributed by atoms with Crippen molar-refractivity contribution in [3.05, 3.63) is 41.2 Å². The SMILES string of the molecule is COc1cc2c(cc1OC)CN(c1nccc(C(=O)NC3CCCC3)n1)CC2. The number of rotatable bonds is 5. The zero-order valence-electron chi connectivity index (χ0n) is 16.4. The van der Waals surface area contributed by atoms with Crippen LogP contribution in [0, 0.1) is 0 Å². The molecule has 0 unspecified atom stereocenters. The second-order valence-corrected chi connectivity index (χ2v) is 7.34. The average molecular weight is 382 g/mol. The predicted octanol–water partition coefficient (Wildman–Crippen LogP) is 2.73. The Kier molecular flexibility index (Phi) is 5.32. The molecule has 1 aliphatic heterocycles. The van der Waals surface area contributed by atoms with Gasteiger partial charge in [0.2, 0.25) is 5.95 Å². The second-order valence-electron chi connectivity index (χ2n) is 7.34. The highest BCUT2D eigenvalue weighted by atomic mass is 16.5. The summed E-state index contributed by atoms with van der Waals surface area (Å²) in [6.45, 7) is 1.46. The van der Waals surface area contributed by atoms with Gasteiger partial charge >= 0.3 is 0 Å². The standard InChI is InChI=1S/C21H26N4O3/c1-27-18-11-14-8-10-25(13-15(14)12-19(18)28-2)21-22-9-7-17(24-21)20(26)23-16-5-3-4-6-16/h7,9,11-12,16H,3-6,8,10,13H2,1-2H3,(H,23,26). The van der Waals surface area contributed by atoms with Gasteiger partial charge in [-0.1, -0.05) is 12.8 Å². The number of amides is 1. The number of hydrogen-bond acceptors (Lipinski definition) is 6. The van der Waals surface area contributed by atoms with Crippen LogP contribution >= 0.6 is 0 Å². The number of nitrogens with one attached hydrogen (secondary N) is 1. The smallest absolute Gasteiger partial charge is 0.270 e. The van der Waals surface area contributed by atoms with Gasteiger partial charge in [-0.3, -0.25) is 4.79 Å². The summed E-state index contributed by atoms with van der Waals surface area (Å²) in [5.41, 5.74) is 2.83. The lowest BCUT2D eigenvalue weighted by Gasteiger charge is -2.29. The topological polar surface area (TPSA) is 76.6 Å². The molecule has 1 aromatic heterocycles. The number of benzene rings is 1. The Labute approximate surface area is 165 Å². The number of aromatic nitrogens is 2. The molecule has 1 N–H and O–H groups in total. The Hall–Kier alpha value is -2.83. The van der Waals surface area contributed by atoms with E-state index in [1.807, 2.05) is 12.1 Å². The van der Waals surface area contributed by atoms with E-state index >= 15 is 0 Å². The van der Waals surface area contributed by atoms with Gasteiger partial charge in [0, 0.05) is 25.3 Å². The minimum atomic E-state index is -0.112. The summed E-state index contributed by atoms with van der Waals surface area (Å²) in [6.07, 6.45) is 6.99. The molecular formula is C21H26N4O3. The predicted molar refractivity (Wildman–Crippen MR) is 106 cm³/mol. The molecule has 0 atom stereocenters. The van der Waals surface area contributed by atoms with Gasteiger partial charge in [0.15, 0.2) is 11.5 Å². The van der Waals surface area contributed by atoms with E-state index in [0.717, 1.165) is 37.1 Å². The van der Waals surface area contributed by atoms with Crippen LogP contribution in [0.1, 0.15) is 47.3 Å². The zero-order chi connectivity index (χ0) is 19.5. The first-order valence-corrected chi connectivity index (χ1v) is 9.80. The third kappa shape index (κ3) is 3.74. The second kappa shape index (κ2) is 8.04. The van der Waals surface area contributed by atoms with Gasteiger partial charge in [-0.25, -0.2) is 9.97 Å². The number of methoxy groups -OCH3 is 2. The summed E-state index contributed by atoms with van der Waals surface area (Å²) < 4.78 is 10.8. The minimum absolute atomic E-state index is 0.112. The number of carbonyl (C=O) groups is 1. The molecule has 7 heteroatoms. The van der Waals surface area contributed by atoms with E-state index in [-0.39, 0.29) is 11.9 Å². The van der Waals surface area contributed by atoms with E-state index in [9.17, 15) is 4.79 Å². The van der Waals surface area contributed by atoms with Gasteiger partial charge in [-0.05, 0) is 48.6 Å². The number of fused-ring (bicyclic) bond motifs is 1. The molecule has 1 aromatic carbocycles. The Morgan fingerprint density at radius 1 is 1.14 bits per heavy atom. The molecule has 0 saturated heterocycles. The van der Waals surface area contributed by atoms with Crippen LogP contribution in [0.4, 0.5) is 5.95 Å². The highest BCUT2D eigenvalue weighted by molar-refractivity contribution is 5.92. The summed E-state index contributed by atoms with van der Waals surface area (Å²) in [4.78, 5) is 23.6. The van der Waals surface area contributed by atoms with Gasteiger partial charge in [-0.15, -0.1) is 0 Å². The van der Waals surface area contributed by atoms with Crippen molar-refractivity contribution in [3.63, 3.8) is 0 Å². The van der Waals surface area contributed by atoms with Gasteiger partial charge in [0.05, 0.1) is 14.2 Å². The largest absolute Gasteiger partial charge is 0.493 e. The molecule has 1 saturated carbocycles. The van der Waals surface area contributed by atoms with Crippen LogP contribution < -0.4 is 19.7 Å². The Bertz CT molecular complexity index is 865. The minimum Gasteiger partial charge on any atom is -0.493 e. The maximum Gasteiger partial charge on any atom is 0.270 e. The lowest BCUT2D eigenvalue weighted by molar-refractivity contribution is 0.0932. The molecule has 1 fully saturated rings. The molecule has 0 spiro atoms. The molecule has 1 aliphatic carbocycles. The highest BCUT2D eigenvalue weighted by Gasteiger charge is 2.23. The van der Waals surface area contributed by atoms with Crippen LogP contribution in [0.2, 0.25) is 0 Å². The maximum absolute atomic E-state index is 12.5. The summed E-state index contributed by atoms with van der Waals surface area (Å²) >= 11 is 0. The van der Waals surface area contributed by atoms with E-state index in [1.165, 1.54) is 18.4 Å². The van der Waals surface area contributed by atoms with E-state index in [1.54, 1.807) is 26.5 Å². The Morgan fingerprint density at radius 3 is 2.57 bits per heavy atom. The van der Waals surface area contributed by atoms with E-state index in [4.69, 9.17) is 9.47 Å². The molecule has 148 valence electrons. The van der Waals surface area contributed by atoms with Gasteiger partial charge in [0.1, 0.15) is 5.69 Å². The van der Waals surface area contributed by atoms with Crippen LogP contribution in [0.15, 0.2) is 24.4 Å². The Balaban J connectivity index is 1.51. The fourth-order valence-electron chi connectivity index (χ4n) is 4.01. The zero-order valence-corrected chi connectivity index (χ0v) is 16.4. The Morgan fingerprint density at radius 2 is 1.86 bits per heavy atom. The number of nitrogens with zero attached hydrogens (tertiary/aromatic N) is 3. The van der Waals surface area contributed by atoms with Gasteiger partial charge in [-0.2, -0.15) is 0 Å². The van der Waals surface area contributed by atoms with Crippen LogP contribution in [0.3, 0.4) is 0 Å². The van der Waals surface area contributed by atoms with Crippen LogP contribution in [-0.2, 0) is 13.0 Å². The molecule has 2 aromatic rings. The first-order chi connectivity index (χ1) is 13.7. The van der Waals surface area contributed by atoms with Crippen molar-refractivity contribution in [2.45, 2.75) is 44.7 Å². The first kappa shape index (κ1) is 18.5. The number of hydrogen-bond donors (Lipinski definition) is 1. The third-order valence-electron chi connectivity index (χ3n) is 5.57. The molecule has 0 bridgehead atoms. The lowest BCUT2D eigenvalue weighted by Crippen LogP contribution is -2.35. The fourth-order valence-corrected chi connectivity index (χ4v) is 4.01. The molecule has 1 amide bonds. The third-order valence-corrected chi connectivity index (χ3v) is 5.57. The summed E-state index contributed by atoms with van der Waals surface area (Å²) in [6, 6.07) is 6.00. The molecular weight excluding hydrogens is 356 g/mol. The van der Waals surface area contributed by atoms with E-state index in [0.29, 0.717) is 23.9 Å². The van der Waals surface area contributed by atoms with Crippen LogP contribution in [0.5, 0.6) is 11.5 Å². The van der Waals surface area contributed by atoms with E-state index in [2.05, 4.69) is 20.2 Å². The summed E-state index contributed by atoms with van der Waals surface area (Å²) in [5.74, 6) is 1.93. The molecule has 2 aliphatic rings. The summed E-state index contributed by atoms with van der Waals surface area (Å²) in [5, 5.41) is 3.09. The number of carbonyl (C=O) groups excluding carboxylic acids is 1. The summed E-state index contributed by atoms with van der Waals surface area (Å²) in [7, 11) is 3.29. The molecule has 0 radical (unpaired) electrons. The monoisotopic (exact) mass is 382 g/mol. The maximum atomic E-state index is 12.5. The van der Waals surface area contributed by atoms with Crippen molar-refractivity contribution in [3.8, 4) is 11.5 Å². The first-order valence-electron chi connectivity index (χ1n) is 9.80. The van der Waals surface area contributed by atoms with Crippen LogP contribution in [-0.4, -0.2) is 42.7 Å². The van der Waals surface area contributed by atoms with Gasteiger partial charge < -0.3 is 19.7 Å². The molecule has 2 heterocycles. The van der Waals surface area contributed by atoms with Crippen LogP contribution in [0.25, 0.3) is 0 Å². The lowest BCUT2D eigenvalue weighted by atomic mass is 9.99. The molecule has 28 heavy (non-hydrogen) atoms. The average Bonchev–Trinajstić information content (AvgIpc) is 3.25. The fraction of sp³-hybridized carbons (Fsp3) is 0.476. The van der Waals surface area contributed by atoms with Crippen molar-refractivity contribution in [2.75, 3.05) is 25.7 Å². The van der Waals surface area contributed by atoms with Crippen molar-refractivity contribution in [1.82, 2.24) is 15.3 Å². The van der Waals surface area contributed by atoms with E-state index < -0.39 is 0 Å². The normalized spacial score (nSPS) is 16.6. The number of anilines is 1. The van der Waals surface area contributed by atoms with Crippen molar-refractivity contribution in [1.29, 1.82) is 0 Å². The van der Waals surface area contributed by atoms with Crippen molar-refractivity contribution in [2.24, 2.45) is 0 Å². The van der Waals surface area contributed by atoms with Crippen molar-refractivity contribution < 1.29 is 14.3 Å². The number of ether oxygens (including phenoxy) is 2.